The highest BCUT2D eigenvalue weighted by atomic mass is 79.9. The van der Waals surface area contributed by atoms with E-state index in [2.05, 4.69) is 21.2 Å². The minimum Gasteiger partial charge on any atom is -0.496 e. The first-order chi connectivity index (χ1) is 14.1. The smallest absolute Gasteiger partial charge is 0.420 e. The molecule has 0 saturated heterocycles. The van der Waals surface area contributed by atoms with Crippen LogP contribution in [0.5, 0.6) is 5.75 Å². The number of nitrogens with one attached hydrogen (secondary N) is 1. The molecule has 1 unspecified atom stereocenters. The number of hydrogen-bond donors (Lipinski definition) is 1. The predicted molar refractivity (Wildman–Crippen MR) is 104 cm³/mol. The fraction of sp³-hybridized carbons (Fsp3) is 0.200. The van der Waals surface area contributed by atoms with Gasteiger partial charge in [0.25, 0.3) is 0 Å². The average molecular weight is 487 g/mol. The van der Waals surface area contributed by atoms with Crippen LogP contribution in [0.4, 0.5) is 28.0 Å². The largest absolute Gasteiger partial charge is 0.496 e. The number of methoxy groups -OCH3 is 1. The summed E-state index contributed by atoms with van der Waals surface area (Å²) >= 11 is 3.03. The number of anilines is 1. The van der Waals surface area contributed by atoms with Crippen molar-refractivity contribution >= 4 is 33.4 Å². The van der Waals surface area contributed by atoms with Crippen LogP contribution in [0.25, 0.3) is 0 Å². The van der Waals surface area contributed by atoms with E-state index in [-0.39, 0.29) is 22.4 Å². The maximum Gasteiger partial charge on any atom is 0.420 e. The lowest BCUT2D eigenvalue weighted by atomic mass is 9.97. The lowest BCUT2D eigenvalue weighted by molar-refractivity contribution is -0.138. The van der Waals surface area contributed by atoms with Gasteiger partial charge in [0.1, 0.15) is 11.6 Å². The van der Waals surface area contributed by atoms with Crippen LogP contribution < -0.4 is 10.1 Å². The van der Waals surface area contributed by atoms with Crippen LogP contribution >= 0.6 is 15.9 Å². The number of ether oxygens (including phenoxy) is 1. The van der Waals surface area contributed by atoms with Crippen molar-refractivity contribution < 1.29 is 31.9 Å². The highest BCUT2D eigenvalue weighted by Crippen LogP contribution is 2.41. The van der Waals surface area contributed by atoms with Crippen molar-refractivity contribution in [2.24, 2.45) is 0 Å². The van der Waals surface area contributed by atoms with Crippen molar-refractivity contribution in [3.8, 4) is 5.75 Å². The molecule has 5 nitrogen and oxygen atoms in total. The molecule has 3 rings (SSSR count). The van der Waals surface area contributed by atoms with Gasteiger partial charge in [0.2, 0.25) is 0 Å². The van der Waals surface area contributed by atoms with E-state index in [1.165, 1.54) is 41.4 Å². The molecule has 2 amide bonds. The molecule has 0 radical (unpaired) electrons. The Morgan fingerprint density at radius 2 is 1.90 bits per heavy atom. The zero-order valence-electron chi connectivity index (χ0n) is 15.5. The number of carbonyl (C=O) groups is 2. The highest BCUT2D eigenvalue weighted by Gasteiger charge is 2.36. The first-order valence-corrected chi connectivity index (χ1v) is 9.40. The quantitative estimate of drug-likeness (QED) is 0.568. The SMILES string of the molecule is COc1cc(NC(=O)N2C=CC(=O)CC2c2ccc(F)cc2)c(Br)cc1C(F)(F)F. The number of allylic oxidation sites excluding steroid dienone is 1. The standard InChI is InChI=1S/C20H15BrF4N2O3/c1-30-18-10-16(15(21)9-14(18)20(23,24)25)26-19(29)27-7-6-13(28)8-17(27)11-2-4-12(22)5-3-11/h2-7,9-10,17H,8H2,1H3,(H,26,29). The number of benzene rings is 2. The molecular weight excluding hydrogens is 472 g/mol. The summed E-state index contributed by atoms with van der Waals surface area (Å²) in [6.45, 7) is 0. The van der Waals surface area contributed by atoms with E-state index >= 15 is 0 Å². The summed E-state index contributed by atoms with van der Waals surface area (Å²) in [4.78, 5) is 25.9. The first-order valence-electron chi connectivity index (χ1n) is 8.60. The van der Waals surface area contributed by atoms with E-state index in [9.17, 15) is 27.2 Å². The molecule has 1 atom stereocenters. The van der Waals surface area contributed by atoms with Gasteiger partial charge in [0, 0.05) is 23.2 Å². The second-order valence-corrected chi connectivity index (χ2v) is 7.28. The van der Waals surface area contributed by atoms with Gasteiger partial charge < -0.3 is 10.1 Å². The number of nitrogens with zero attached hydrogens (tertiary/aromatic N) is 1. The van der Waals surface area contributed by atoms with Crippen molar-refractivity contribution in [1.29, 1.82) is 0 Å². The van der Waals surface area contributed by atoms with Crippen molar-refractivity contribution in [3.63, 3.8) is 0 Å². The lowest BCUT2D eigenvalue weighted by Crippen LogP contribution is -2.37. The lowest BCUT2D eigenvalue weighted by Gasteiger charge is -2.31. The Labute approximate surface area is 177 Å². The zero-order chi connectivity index (χ0) is 22.1. The number of alkyl halides is 3. The number of hydrogen-bond acceptors (Lipinski definition) is 3. The van der Waals surface area contributed by atoms with Gasteiger partial charge in [0.15, 0.2) is 5.78 Å². The molecular formula is C20H15BrF4N2O3. The normalized spacial score (nSPS) is 16.5. The van der Waals surface area contributed by atoms with Gasteiger partial charge in [-0.15, -0.1) is 0 Å². The summed E-state index contributed by atoms with van der Waals surface area (Å²) in [7, 11) is 1.09. The van der Waals surface area contributed by atoms with E-state index in [1.54, 1.807) is 0 Å². The van der Waals surface area contributed by atoms with Gasteiger partial charge in [-0.25, -0.2) is 9.18 Å². The van der Waals surface area contributed by atoms with E-state index in [0.717, 1.165) is 19.2 Å². The Morgan fingerprint density at radius 3 is 2.50 bits per heavy atom. The molecule has 0 aliphatic carbocycles. The second kappa shape index (κ2) is 8.47. The molecule has 0 aromatic heterocycles. The van der Waals surface area contributed by atoms with Crippen LogP contribution in [-0.4, -0.2) is 23.8 Å². The number of amides is 2. The summed E-state index contributed by atoms with van der Waals surface area (Å²) in [6.07, 6.45) is -2.15. The highest BCUT2D eigenvalue weighted by molar-refractivity contribution is 9.10. The van der Waals surface area contributed by atoms with E-state index in [0.29, 0.717) is 5.56 Å². The fourth-order valence-electron chi connectivity index (χ4n) is 3.02. The first kappa shape index (κ1) is 21.8. The van der Waals surface area contributed by atoms with Crippen LogP contribution in [0.3, 0.4) is 0 Å². The van der Waals surface area contributed by atoms with Crippen LogP contribution in [0.1, 0.15) is 23.6 Å². The second-order valence-electron chi connectivity index (χ2n) is 6.42. The van der Waals surface area contributed by atoms with Gasteiger partial charge in [-0.3, -0.25) is 9.69 Å². The Hall–Kier alpha value is -2.88. The molecule has 1 N–H and O–H groups in total. The molecule has 1 aliphatic heterocycles. The molecule has 0 bridgehead atoms. The van der Waals surface area contributed by atoms with E-state index in [4.69, 9.17) is 4.74 Å². The number of urea groups is 1. The van der Waals surface area contributed by atoms with Gasteiger partial charge in [0.05, 0.1) is 24.4 Å². The molecule has 1 aliphatic rings. The Balaban J connectivity index is 1.91. The topological polar surface area (TPSA) is 58.6 Å². The maximum atomic E-state index is 13.2. The number of carbonyl (C=O) groups excluding carboxylic acids is 2. The molecule has 0 saturated carbocycles. The fourth-order valence-corrected chi connectivity index (χ4v) is 3.46. The van der Waals surface area contributed by atoms with Gasteiger partial charge >= 0.3 is 12.2 Å². The van der Waals surface area contributed by atoms with Crippen LogP contribution in [0, 0.1) is 5.82 Å². The van der Waals surface area contributed by atoms with Crippen LogP contribution in [0.2, 0.25) is 0 Å². The maximum absolute atomic E-state index is 13.2. The molecule has 0 spiro atoms. The summed E-state index contributed by atoms with van der Waals surface area (Å²) in [6, 6.07) is 5.83. The third-order valence-electron chi connectivity index (χ3n) is 4.48. The number of halogens is 5. The zero-order valence-corrected chi connectivity index (χ0v) is 17.1. The third-order valence-corrected chi connectivity index (χ3v) is 5.13. The Morgan fingerprint density at radius 1 is 1.23 bits per heavy atom. The number of rotatable bonds is 3. The van der Waals surface area contributed by atoms with Crippen molar-refractivity contribution in [2.75, 3.05) is 12.4 Å². The minimum atomic E-state index is -4.64. The predicted octanol–water partition coefficient (Wildman–Crippen LogP) is 5.68. The monoisotopic (exact) mass is 486 g/mol. The van der Waals surface area contributed by atoms with E-state index in [1.807, 2.05) is 0 Å². The average Bonchev–Trinajstić information content (AvgIpc) is 2.68. The third kappa shape index (κ3) is 4.64. The molecule has 158 valence electrons. The summed E-state index contributed by atoms with van der Waals surface area (Å²) in [5, 5.41) is 2.52. The van der Waals surface area contributed by atoms with E-state index < -0.39 is 35.4 Å². The molecule has 1 heterocycles. The van der Waals surface area contributed by atoms with Gasteiger partial charge in [-0.1, -0.05) is 12.1 Å². The summed E-state index contributed by atoms with van der Waals surface area (Å²) in [5.74, 6) is -1.14. The van der Waals surface area contributed by atoms with Crippen LogP contribution in [-0.2, 0) is 11.0 Å². The molecule has 30 heavy (non-hydrogen) atoms. The molecule has 2 aromatic rings. The summed E-state index contributed by atoms with van der Waals surface area (Å²) < 4.78 is 57.5. The van der Waals surface area contributed by atoms with Gasteiger partial charge in [-0.2, -0.15) is 13.2 Å². The molecule has 2 aromatic carbocycles. The van der Waals surface area contributed by atoms with Crippen molar-refractivity contribution in [1.82, 2.24) is 4.90 Å². The van der Waals surface area contributed by atoms with Gasteiger partial charge in [-0.05, 0) is 45.8 Å². The van der Waals surface area contributed by atoms with Crippen molar-refractivity contribution in [3.05, 3.63) is 70.1 Å². The Kier molecular flexibility index (Phi) is 6.16. The summed E-state index contributed by atoms with van der Waals surface area (Å²) in [5.41, 5.74) is -0.413. The van der Waals surface area contributed by atoms with Crippen molar-refractivity contribution in [2.45, 2.75) is 18.6 Å². The Bertz CT molecular complexity index is 1010. The molecule has 10 heteroatoms. The minimum absolute atomic E-state index is 0.000581. The number of ketones is 1. The van der Waals surface area contributed by atoms with Crippen LogP contribution in [0.15, 0.2) is 53.1 Å². The molecule has 0 fully saturated rings.